The first-order valence-corrected chi connectivity index (χ1v) is 6.38. The molecule has 19 heavy (non-hydrogen) atoms. The molecule has 1 aliphatic carbocycles. The monoisotopic (exact) mass is 245 g/mol. The van der Waals surface area contributed by atoms with Crippen molar-refractivity contribution in [1.29, 1.82) is 0 Å². The van der Waals surface area contributed by atoms with Crippen molar-refractivity contribution in [3.8, 4) is 0 Å². The highest BCUT2D eigenvalue weighted by atomic mass is 15.3. The van der Waals surface area contributed by atoms with Crippen LogP contribution in [0.1, 0.15) is 6.92 Å². The lowest BCUT2D eigenvalue weighted by atomic mass is 10.1. The summed E-state index contributed by atoms with van der Waals surface area (Å²) in [5.74, 6) is 0. The third-order valence-corrected chi connectivity index (χ3v) is 3.77. The van der Waals surface area contributed by atoms with Crippen molar-refractivity contribution in [1.82, 2.24) is 4.52 Å². The highest BCUT2D eigenvalue weighted by Gasteiger charge is 2.13. The predicted octanol–water partition coefficient (Wildman–Crippen LogP) is 1.19. The van der Waals surface area contributed by atoms with E-state index in [9.17, 15) is 0 Å². The summed E-state index contributed by atoms with van der Waals surface area (Å²) >= 11 is 0. The number of hydrogen-bond acceptors (Lipinski definition) is 0. The van der Waals surface area contributed by atoms with Crippen molar-refractivity contribution >= 4 is 27.6 Å². The van der Waals surface area contributed by atoms with Gasteiger partial charge in [0.25, 0.3) is 0 Å². The Bertz CT molecular complexity index is 1040. The van der Waals surface area contributed by atoms with Gasteiger partial charge in [0.05, 0.1) is 5.22 Å². The molecule has 0 fully saturated rings. The number of benzene rings is 1. The Labute approximate surface area is 110 Å². The van der Waals surface area contributed by atoms with Crippen molar-refractivity contribution in [2.24, 2.45) is 7.05 Å². The molecule has 0 aliphatic heterocycles. The van der Waals surface area contributed by atoms with Gasteiger partial charge in [0.15, 0.2) is 13.2 Å². The van der Waals surface area contributed by atoms with Gasteiger partial charge >= 0.3 is 0 Å². The average Bonchev–Trinajstić information content (AvgIpc) is 2.82. The molecule has 2 heterocycles. The van der Waals surface area contributed by atoms with Gasteiger partial charge in [-0.05, 0) is 18.6 Å². The Morgan fingerprint density at radius 1 is 1.11 bits per heavy atom. The van der Waals surface area contributed by atoms with E-state index in [1.54, 1.807) is 0 Å². The number of pyridine rings is 1. The second-order valence-corrected chi connectivity index (χ2v) is 4.95. The summed E-state index contributed by atoms with van der Waals surface area (Å²) in [5.41, 5.74) is 8.86. The SMILES string of the molecule is CC1=c2c(c3ccccc3c3cc[n+](C)n23)=C=C=C1. The van der Waals surface area contributed by atoms with E-state index in [1.807, 2.05) is 6.08 Å². The quantitative estimate of drug-likeness (QED) is 0.415. The molecule has 0 bridgehead atoms. The number of nitrogens with zero attached hydrogens (tertiary/aromatic N) is 2. The maximum atomic E-state index is 3.28. The van der Waals surface area contributed by atoms with E-state index in [0.717, 1.165) is 5.22 Å². The molecule has 0 atom stereocenters. The summed E-state index contributed by atoms with van der Waals surface area (Å²) in [5, 5.41) is 4.84. The summed E-state index contributed by atoms with van der Waals surface area (Å²) in [6, 6.07) is 10.7. The Balaban J connectivity index is 2.58. The molecule has 0 radical (unpaired) electrons. The Morgan fingerprint density at radius 3 is 2.74 bits per heavy atom. The zero-order valence-corrected chi connectivity index (χ0v) is 10.9. The molecule has 2 heteroatoms. The van der Waals surface area contributed by atoms with Crippen LogP contribution >= 0.6 is 0 Å². The first-order valence-electron chi connectivity index (χ1n) is 6.38. The Kier molecular flexibility index (Phi) is 1.91. The van der Waals surface area contributed by atoms with Gasteiger partial charge in [-0.1, -0.05) is 35.7 Å². The van der Waals surface area contributed by atoms with Crippen LogP contribution in [-0.2, 0) is 7.05 Å². The van der Waals surface area contributed by atoms with E-state index in [1.165, 1.54) is 27.2 Å². The highest BCUT2D eigenvalue weighted by Crippen LogP contribution is 2.14. The normalized spacial score (nSPS) is 13.1. The van der Waals surface area contributed by atoms with Crippen LogP contribution in [0.3, 0.4) is 0 Å². The van der Waals surface area contributed by atoms with Gasteiger partial charge in [-0.3, -0.25) is 0 Å². The van der Waals surface area contributed by atoms with Crippen molar-refractivity contribution in [3.05, 3.63) is 58.9 Å². The van der Waals surface area contributed by atoms with Crippen LogP contribution < -0.4 is 15.2 Å². The maximum Gasteiger partial charge on any atom is 0.196 e. The smallest absolute Gasteiger partial charge is 0.119 e. The fraction of sp³-hybridized carbons (Fsp3) is 0.118. The first-order chi connectivity index (χ1) is 9.27. The zero-order valence-electron chi connectivity index (χ0n) is 10.9. The largest absolute Gasteiger partial charge is 0.196 e. The van der Waals surface area contributed by atoms with E-state index in [0.29, 0.717) is 0 Å². The second kappa shape index (κ2) is 3.49. The van der Waals surface area contributed by atoms with Crippen LogP contribution in [0, 0.1) is 0 Å². The molecule has 1 aromatic carbocycles. The van der Waals surface area contributed by atoms with E-state index in [-0.39, 0.29) is 0 Å². The lowest BCUT2D eigenvalue weighted by Crippen LogP contribution is -2.47. The van der Waals surface area contributed by atoms with Crippen LogP contribution in [0.2, 0.25) is 0 Å². The molecule has 1 aliphatic rings. The number of rotatable bonds is 0. The molecule has 4 rings (SSSR count). The molecule has 90 valence electrons. The molecule has 0 saturated heterocycles. The summed E-state index contributed by atoms with van der Waals surface area (Å²) in [6.07, 6.45) is 4.09. The minimum absolute atomic E-state index is 1.13. The van der Waals surface area contributed by atoms with Gasteiger partial charge in [0.1, 0.15) is 10.9 Å². The van der Waals surface area contributed by atoms with Gasteiger partial charge in [-0.25, -0.2) is 0 Å². The second-order valence-electron chi connectivity index (χ2n) is 4.95. The zero-order chi connectivity index (χ0) is 13.0. The standard InChI is InChI=1S/C17H13N2/c1-12-6-5-9-15-13-7-3-4-8-14(13)16-10-11-18(2)19(16)17(12)15/h3-4,6-8,10-11H,1-2H3/q+1. The van der Waals surface area contributed by atoms with Gasteiger partial charge in [-0.2, -0.15) is 0 Å². The molecular weight excluding hydrogens is 232 g/mol. The topological polar surface area (TPSA) is 8.29 Å². The third kappa shape index (κ3) is 1.25. The molecule has 2 aromatic heterocycles. The lowest BCUT2D eigenvalue weighted by molar-refractivity contribution is -0.738. The van der Waals surface area contributed by atoms with Gasteiger partial charge in [-0.15, -0.1) is 9.20 Å². The van der Waals surface area contributed by atoms with Crippen LogP contribution in [0.5, 0.6) is 0 Å². The van der Waals surface area contributed by atoms with Crippen LogP contribution in [0.25, 0.3) is 27.6 Å². The van der Waals surface area contributed by atoms with Crippen molar-refractivity contribution < 1.29 is 4.68 Å². The molecule has 2 nitrogen and oxygen atoms in total. The van der Waals surface area contributed by atoms with Crippen molar-refractivity contribution in [3.63, 3.8) is 0 Å². The van der Waals surface area contributed by atoms with Crippen molar-refractivity contribution in [2.75, 3.05) is 0 Å². The summed E-state index contributed by atoms with van der Waals surface area (Å²) in [6.45, 7) is 2.13. The summed E-state index contributed by atoms with van der Waals surface area (Å²) in [7, 11) is 2.07. The van der Waals surface area contributed by atoms with E-state index in [4.69, 9.17) is 0 Å². The van der Waals surface area contributed by atoms with Crippen LogP contribution in [-0.4, -0.2) is 4.52 Å². The van der Waals surface area contributed by atoms with Gasteiger partial charge in [0.2, 0.25) is 0 Å². The summed E-state index contributed by atoms with van der Waals surface area (Å²) in [4.78, 5) is 0. The van der Waals surface area contributed by atoms with Crippen LogP contribution in [0.15, 0.2) is 48.3 Å². The third-order valence-electron chi connectivity index (χ3n) is 3.77. The molecule has 3 aromatic rings. The fourth-order valence-electron chi connectivity index (χ4n) is 2.90. The Hall–Kier alpha value is -2.53. The average molecular weight is 245 g/mol. The molecule has 0 spiro atoms. The van der Waals surface area contributed by atoms with E-state index >= 15 is 0 Å². The van der Waals surface area contributed by atoms with E-state index < -0.39 is 0 Å². The van der Waals surface area contributed by atoms with Gasteiger partial charge in [0, 0.05) is 16.8 Å². The minimum atomic E-state index is 1.13. The number of fused-ring (bicyclic) bond motifs is 6. The number of aryl methyl sites for hydroxylation is 1. The predicted molar refractivity (Wildman–Crippen MR) is 75.9 cm³/mol. The molecule has 0 unspecified atom stereocenters. The highest BCUT2D eigenvalue weighted by molar-refractivity contribution is 5.96. The number of hydrogen-bond donors (Lipinski definition) is 0. The lowest BCUT2D eigenvalue weighted by Gasteiger charge is -2.04. The fourth-order valence-corrected chi connectivity index (χ4v) is 2.90. The number of allylic oxidation sites excluding steroid dienone is 1. The molecular formula is C17H13N2+. The molecule has 0 N–H and O–H groups in total. The van der Waals surface area contributed by atoms with Gasteiger partial charge < -0.3 is 0 Å². The maximum absolute atomic E-state index is 3.28. The number of aromatic nitrogens is 2. The minimum Gasteiger partial charge on any atom is -0.119 e. The van der Waals surface area contributed by atoms with Crippen molar-refractivity contribution in [2.45, 2.75) is 6.92 Å². The Morgan fingerprint density at radius 2 is 1.89 bits per heavy atom. The molecule has 0 saturated carbocycles. The van der Waals surface area contributed by atoms with Crippen LogP contribution in [0.4, 0.5) is 0 Å². The summed E-state index contributed by atoms with van der Waals surface area (Å²) < 4.78 is 4.36. The van der Waals surface area contributed by atoms with E-state index in [2.05, 4.69) is 71.2 Å². The molecule has 0 amide bonds. The first kappa shape index (κ1) is 10.4.